The summed E-state index contributed by atoms with van der Waals surface area (Å²) in [6.07, 6.45) is -4.50. The van der Waals surface area contributed by atoms with Gasteiger partial charge in [0.25, 0.3) is 5.91 Å². The lowest BCUT2D eigenvalue weighted by Crippen LogP contribution is -2.52. The van der Waals surface area contributed by atoms with Gasteiger partial charge in [0.2, 0.25) is 0 Å². The van der Waals surface area contributed by atoms with E-state index in [9.17, 15) is 23.2 Å². The van der Waals surface area contributed by atoms with Gasteiger partial charge in [-0.2, -0.15) is 18.4 Å². The first-order valence-corrected chi connectivity index (χ1v) is 11.5. The van der Waals surface area contributed by atoms with E-state index in [2.05, 4.69) is 27.1 Å². The van der Waals surface area contributed by atoms with Gasteiger partial charge in [0.1, 0.15) is 35.0 Å². The second-order valence-corrected chi connectivity index (χ2v) is 8.80. The Bertz CT molecular complexity index is 1470. The number of alkyl halides is 3. The summed E-state index contributed by atoms with van der Waals surface area (Å²) in [5.74, 6) is 2.15. The van der Waals surface area contributed by atoms with E-state index in [0.29, 0.717) is 5.69 Å². The number of hydrogen-bond acceptors (Lipinski definition) is 8. The van der Waals surface area contributed by atoms with Crippen LogP contribution >= 0.6 is 0 Å². The summed E-state index contributed by atoms with van der Waals surface area (Å²) in [5.41, 5.74) is 11.7. The van der Waals surface area contributed by atoms with Gasteiger partial charge in [0, 0.05) is 24.3 Å². The van der Waals surface area contributed by atoms with Crippen LogP contribution in [0.2, 0.25) is 0 Å². The number of nitrogens with two attached hydrogens (primary N) is 2. The lowest BCUT2D eigenvalue weighted by Gasteiger charge is -2.31. The number of pyridine rings is 1. The van der Waals surface area contributed by atoms with Crippen LogP contribution in [0.5, 0.6) is 0 Å². The van der Waals surface area contributed by atoms with Gasteiger partial charge in [0.15, 0.2) is 0 Å². The summed E-state index contributed by atoms with van der Waals surface area (Å²) >= 11 is 0. The first-order valence-electron chi connectivity index (χ1n) is 11.5. The molecule has 0 bridgehead atoms. The highest BCUT2D eigenvalue weighted by Crippen LogP contribution is 2.38. The molecule has 2 aromatic heterocycles. The lowest BCUT2D eigenvalue weighted by atomic mass is 10.1. The molecule has 2 atom stereocenters. The second kappa shape index (κ2) is 10.4. The first-order chi connectivity index (χ1) is 18.0. The smallest absolute Gasteiger partial charge is 0.382 e. The maximum atomic E-state index is 14.0. The molecular formula is C26H23F3N8O. The number of benzene rings is 1. The molecule has 1 fully saturated rings. The fraction of sp³-hybridized carbons (Fsp3) is 0.269. The molecule has 194 valence electrons. The van der Waals surface area contributed by atoms with E-state index in [1.54, 1.807) is 24.3 Å². The Labute approximate surface area is 216 Å². The van der Waals surface area contributed by atoms with Gasteiger partial charge >= 0.3 is 6.18 Å². The molecule has 1 aliphatic heterocycles. The van der Waals surface area contributed by atoms with Crippen molar-refractivity contribution in [3.05, 3.63) is 70.5 Å². The molecule has 12 heteroatoms. The Balaban J connectivity index is 1.81. The molecular weight excluding hydrogens is 497 g/mol. The van der Waals surface area contributed by atoms with Crippen molar-refractivity contribution in [3.8, 4) is 18.0 Å². The highest BCUT2D eigenvalue weighted by Gasteiger charge is 2.44. The zero-order valence-electron chi connectivity index (χ0n) is 20.5. The van der Waals surface area contributed by atoms with Gasteiger partial charge in [-0.15, -0.1) is 10.2 Å². The normalized spacial score (nSPS) is 16.9. The Hall–Kier alpha value is -4.68. The molecule has 1 saturated heterocycles. The van der Waals surface area contributed by atoms with Gasteiger partial charge in [0.05, 0.1) is 11.3 Å². The fourth-order valence-electron chi connectivity index (χ4n) is 4.24. The van der Waals surface area contributed by atoms with Crippen LogP contribution in [0.1, 0.15) is 34.5 Å². The number of nitrogens with zero attached hydrogens (tertiary/aromatic N) is 6. The largest absolute Gasteiger partial charge is 0.417 e. The number of rotatable bonds is 3. The van der Waals surface area contributed by atoms with Crippen molar-refractivity contribution in [1.82, 2.24) is 15.2 Å². The molecule has 1 aliphatic rings. The van der Waals surface area contributed by atoms with Crippen molar-refractivity contribution in [3.63, 3.8) is 0 Å². The fourth-order valence-corrected chi connectivity index (χ4v) is 4.24. The summed E-state index contributed by atoms with van der Waals surface area (Å²) in [6, 6.07) is 13.4. The number of nitriles is 1. The van der Waals surface area contributed by atoms with Crippen LogP contribution in [0.25, 0.3) is 0 Å². The van der Waals surface area contributed by atoms with E-state index in [-0.39, 0.29) is 36.0 Å². The SMILES string of the molecule is Cc1cccc(N(C#Cc2ccc(N)nn2)C(=O)C2C(N)CCN2c2nc(C)cc(C(F)(F)F)c2C#N)c1. The summed E-state index contributed by atoms with van der Waals surface area (Å²) in [4.78, 5) is 20.8. The van der Waals surface area contributed by atoms with E-state index < -0.39 is 35.3 Å². The Morgan fingerprint density at radius 1 is 1.18 bits per heavy atom. The number of aromatic nitrogens is 3. The first kappa shape index (κ1) is 26.4. The van der Waals surface area contributed by atoms with Gasteiger partial charge < -0.3 is 16.4 Å². The second-order valence-electron chi connectivity index (χ2n) is 8.80. The third-order valence-electron chi connectivity index (χ3n) is 5.98. The average Bonchev–Trinajstić information content (AvgIpc) is 3.25. The van der Waals surface area contributed by atoms with E-state index in [1.807, 2.05) is 13.0 Å². The zero-order chi connectivity index (χ0) is 27.6. The highest BCUT2D eigenvalue weighted by molar-refractivity contribution is 6.02. The van der Waals surface area contributed by atoms with E-state index in [1.165, 1.54) is 28.9 Å². The third-order valence-corrected chi connectivity index (χ3v) is 5.98. The van der Waals surface area contributed by atoms with Crippen molar-refractivity contribution >= 4 is 23.2 Å². The number of nitrogen functional groups attached to an aromatic ring is 1. The lowest BCUT2D eigenvalue weighted by molar-refractivity contribution is -0.137. The van der Waals surface area contributed by atoms with Crippen LogP contribution in [0, 0.1) is 37.1 Å². The molecule has 4 N–H and O–H groups in total. The van der Waals surface area contributed by atoms with Crippen LogP contribution < -0.4 is 21.3 Å². The molecule has 2 unspecified atom stereocenters. The van der Waals surface area contributed by atoms with Gasteiger partial charge in [-0.1, -0.05) is 12.1 Å². The minimum atomic E-state index is -4.78. The van der Waals surface area contributed by atoms with Crippen molar-refractivity contribution in [1.29, 1.82) is 5.26 Å². The van der Waals surface area contributed by atoms with Crippen molar-refractivity contribution in [2.24, 2.45) is 5.73 Å². The van der Waals surface area contributed by atoms with Crippen LogP contribution in [0.3, 0.4) is 0 Å². The number of carbonyl (C=O) groups is 1. The van der Waals surface area contributed by atoms with Crippen LogP contribution in [-0.4, -0.2) is 39.7 Å². The number of halogens is 3. The summed E-state index contributed by atoms with van der Waals surface area (Å²) in [7, 11) is 0. The van der Waals surface area contributed by atoms with Gasteiger partial charge in [-0.05, 0) is 62.1 Å². The molecule has 3 heterocycles. The molecule has 4 rings (SSSR count). The number of aryl methyl sites for hydroxylation is 2. The predicted molar refractivity (Wildman–Crippen MR) is 134 cm³/mol. The van der Waals surface area contributed by atoms with Gasteiger partial charge in [-0.25, -0.2) is 9.88 Å². The molecule has 38 heavy (non-hydrogen) atoms. The number of hydrogen-bond donors (Lipinski definition) is 2. The maximum absolute atomic E-state index is 14.0. The monoisotopic (exact) mass is 520 g/mol. The average molecular weight is 521 g/mol. The van der Waals surface area contributed by atoms with Crippen molar-refractivity contribution in [2.45, 2.75) is 38.5 Å². The van der Waals surface area contributed by atoms with Crippen molar-refractivity contribution < 1.29 is 18.0 Å². The van der Waals surface area contributed by atoms with Crippen LogP contribution in [0.4, 0.5) is 30.5 Å². The molecule has 0 saturated carbocycles. The number of anilines is 3. The predicted octanol–water partition coefficient (Wildman–Crippen LogP) is 2.91. The molecule has 1 amide bonds. The Kier molecular flexibility index (Phi) is 7.19. The molecule has 9 nitrogen and oxygen atoms in total. The third kappa shape index (κ3) is 5.36. The van der Waals surface area contributed by atoms with E-state index in [0.717, 1.165) is 11.6 Å². The van der Waals surface area contributed by atoms with Crippen LogP contribution in [-0.2, 0) is 11.0 Å². The zero-order valence-corrected chi connectivity index (χ0v) is 20.5. The molecule has 0 spiro atoms. The highest BCUT2D eigenvalue weighted by atomic mass is 19.4. The van der Waals surface area contributed by atoms with Crippen molar-refractivity contribution in [2.75, 3.05) is 22.1 Å². The minimum absolute atomic E-state index is 0.0512. The summed E-state index contributed by atoms with van der Waals surface area (Å²) in [6.45, 7) is 3.36. The Morgan fingerprint density at radius 3 is 2.58 bits per heavy atom. The molecule has 1 aromatic carbocycles. The topological polar surface area (TPSA) is 138 Å². The van der Waals surface area contributed by atoms with E-state index in [4.69, 9.17) is 11.5 Å². The summed E-state index contributed by atoms with van der Waals surface area (Å²) < 4.78 is 41.3. The molecule has 0 radical (unpaired) electrons. The summed E-state index contributed by atoms with van der Waals surface area (Å²) in [5, 5.41) is 17.3. The quantitative estimate of drug-likeness (QED) is 0.397. The van der Waals surface area contributed by atoms with E-state index >= 15 is 0 Å². The minimum Gasteiger partial charge on any atom is -0.382 e. The van der Waals surface area contributed by atoms with Crippen LogP contribution in [0.15, 0.2) is 42.5 Å². The number of carbonyl (C=O) groups excluding carboxylic acids is 1. The maximum Gasteiger partial charge on any atom is 0.417 e. The Morgan fingerprint density at radius 2 is 1.95 bits per heavy atom. The number of amides is 1. The van der Waals surface area contributed by atoms with Gasteiger partial charge in [-0.3, -0.25) is 4.79 Å². The molecule has 0 aliphatic carbocycles. The standard InChI is InChI=1S/C26H23F3N8O/c1-15-4-3-5-18(12-15)36(10-8-17-6-7-22(32)35-34-17)25(38)23-21(31)9-11-37(23)24-19(14-30)20(26(27,28)29)13-16(2)33-24/h3-7,12-13,21,23H,9,11,31H2,1-2H3,(H2,32,35). The molecule has 3 aromatic rings.